The molecule has 3 N–H and O–H groups in total. The van der Waals surface area contributed by atoms with Gasteiger partial charge in [-0.3, -0.25) is 0 Å². The maximum absolute atomic E-state index is 8.82. The molecule has 0 aromatic heterocycles. The normalized spacial score (nSPS) is 24.1. The minimum atomic E-state index is -0.362. The minimum absolute atomic E-state index is 0.0456. The lowest BCUT2D eigenvalue weighted by atomic mass is 9.96. The van der Waals surface area contributed by atoms with Crippen molar-refractivity contribution < 1.29 is 9.84 Å². The van der Waals surface area contributed by atoms with Crippen LogP contribution in [0.2, 0.25) is 0 Å². The molecule has 82 valence electrons. The van der Waals surface area contributed by atoms with Gasteiger partial charge in [0.25, 0.3) is 0 Å². The molecule has 3 nitrogen and oxygen atoms in total. The van der Waals surface area contributed by atoms with Crippen LogP contribution >= 0.6 is 0 Å². The molecule has 1 aromatic rings. The second-order valence-corrected chi connectivity index (χ2v) is 3.93. The second kappa shape index (κ2) is 4.31. The summed E-state index contributed by atoms with van der Waals surface area (Å²) in [6, 6.07) is 8.25. The van der Waals surface area contributed by atoms with Crippen LogP contribution in [0.3, 0.4) is 0 Å². The maximum atomic E-state index is 8.82. The van der Waals surface area contributed by atoms with E-state index in [4.69, 9.17) is 15.6 Å². The monoisotopic (exact) mass is 207 g/mol. The zero-order valence-corrected chi connectivity index (χ0v) is 8.78. The van der Waals surface area contributed by atoms with Gasteiger partial charge in [-0.15, -0.1) is 0 Å². The van der Waals surface area contributed by atoms with Crippen molar-refractivity contribution in [2.45, 2.75) is 18.4 Å². The lowest BCUT2D eigenvalue weighted by Crippen LogP contribution is -2.36. The number of rotatable bonds is 4. The van der Waals surface area contributed by atoms with Crippen molar-refractivity contribution in [1.82, 2.24) is 0 Å². The molecule has 0 fully saturated rings. The van der Waals surface area contributed by atoms with Gasteiger partial charge in [0, 0.05) is 6.54 Å². The van der Waals surface area contributed by atoms with Gasteiger partial charge in [-0.05, 0) is 24.0 Å². The van der Waals surface area contributed by atoms with Gasteiger partial charge in [-0.2, -0.15) is 0 Å². The smallest absolute Gasteiger partial charge is 0.106 e. The topological polar surface area (TPSA) is 55.5 Å². The highest BCUT2D eigenvalue weighted by Crippen LogP contribution is 2.38. The first-order chi connectivity index (χ1) is 7.32. The van der Waals surface area contributed by atoms with Gasteiger partial charge >= 0.3 is 0 Å². The Bertz CT molecular complexity index is 340. The van der Waals surface area contributed by atoms with Gasteiger partial charge in [-0.1, -0.05) is 24.3 Å². The molecule has 3 heteroatoms. The summed E-state index contributed by atoms with van der Waals surface area (Å²) in [7, 11) is 0. The van der Waals surface area contributed by atoms with Crippen LogP contribution in [0.25, 0.3) is 0 Å². The van der Waals surface area contributed by atoms with Gasteiger partial charge in [0.15, 0.2) is 0 Å². The third kappa shape index (κ3) is 1.78. The first kappa shape index (κ1) is 10.6. The molecule has 1 atom stereocenters. The first-order valence-electron chi connectivity index (χ1n) is 5.36. The van der Waals surface area contributed by atoms with Crippen LogP contribution in [0.1, 0.15) is 17.5 Å². The molecule has 15 heavy (non-hydrogen) atoms. The molecule has 2 rings (SSSR count). The quantitative estimate of drug-likeness (QED) is 0.767. The van der Waals surface area contributed by atoms with Gasteiger partial charge in [0.05, 0.1) is 13.2 Å². The largest absolute Gasteiger partial charge is 0.394 e. The van der Waals surface area contributed by atoms with Crippen molar-refractivity contribution in [3.05, 3.63) is 35.4 Å². The third-order valence-corrected chi connectivity index (χ3v) is 3.11. The fourth-order valence-corrected chi connectivity index (χ4v) is 2.32. The first-order valence-corrected chi connectivity index (χ1v) is 5.36. The van der Waals surface area contributed by atoms with E-state index in [1.165, 1.54) is 11.1 Å². The number of aryl methyl sites for hydroxylation is 1. The molecule has 0 heterocycles. The lowest BCUT2D eigenvalue weighted by Gasteiger charge is -2.29. The Labute approximate surface area is 89.9 Å². The average molecular weight is 207 g/mol. The molecule has 1 aliphatic carbocycles. The van der Waals surface area contributed by atoms with Gasteiger partial charge in [0.2, 0.25) is 0 Å². The minimum Gasteiger partial charge on any atom is -0.394 e. The summed E-state index contributed by atoms with van der Waals surface area (Å²) < 4.78 is 5.74. The van der Waals surface area contributed by atoms with E-state index in [9.17, 15) is 0 Å². The van der Waals surface area contributed by atoms with Crippen LogP contribution in [-0.4, -0.2) is 24.9 Å². The molecule has 0 spiro atoms. The Morgan fingerprint density at radius 2 is 2.20 bits per heavy atom. The van der Waals surface area contributed by atoms with Crippen LogP contribution in [0.15, 0.2) is 24.3 Å². The van der Waals surface area contributed by atoms with Crippen molar-refractivity contribution in [3.8, 4) is 0 Å². The Morgan fingerprint density at radius 3 is 2.93 bits per heavy atom. The van der Waals surface area contributed by atoms with Crippen molar-refractivity contribution in [2.24, 2.45) is 5.73 Å². The summed E-state index contributed by atoms with van der Waals surface area (Å²) in [5.74, 6) is 0. The molecule has 1 aliphatic rings. The highest BCUT2D eigenvalue weighted by molar-refractivity contribution is 5.37. The van der Waals surface area contributed by atoms with Crippen molar-refractivity contribution in [2.75, 3.05) is 19.8 Å². The fraction of sp³-hybridized carbons (Fsp3) is 0.500. The lowest BCUT2D eigenvalue weighted by molar-refractivity contribution is -0.0554. The zero-order valence-electron chi connectivity index (χ0n) is 8.78. The molecule has 0 saturated heterocycles. The van der Waals surface area contributed by atoms with E-state index in [1.54, 1.807) is 0 Å². The SMILES string of the molecule is NCC1(OCCO)CCc2ccccc21. The Balaban J connectivity index is 2.28. The fourth-order valence-electron chi connectivity index (χ4n) is 2.32. The number of benzene rings is 1. The van der Waals surface area contributed by atoms with E-state index in [-0.39, 0.29) is 12.2 Å². The predicted octanol–water partition coefficient (Wildman–Crippen LogP) is 0.796. The Morgan fingerprint density at radius 1 is 1.40 bits per heavy atom. The summed E-state index contributed by atoms with van der Waals surface area (Å²) >= 11 is 0. The number of aliphatic hydroxyl groups is 1. The summed E-state index contributed by atoms with van der Waals surface area (Å²) in [4.78, 5) is 0. The number of hydrogen-bond acceptors (Lipinski definition) is 3. The molecule has 0 saturated carbocycles. The van der Waals surface area contributed by atoms with E-state index in [0.29, 0.717) is 13.2 Å². The zero-order chi connectivity index (χ0) is 10.7. The number of hydrogen-bond donors (Lipinski definition) is 2. The van der Waals surface area contributed by atoms with Crippen LogP contribution < -0.4 is 5.73 Å². The maximum Gasteiger partial charge on any atom is 0.106 e. The molecule has 1 unspecified atom stereocenters. The van der Waals surface area contributed by atoms with Crippen LogP contribution in [0.5, 0.6) is 0 Å². The van der Waals surface area contributed by atoms with Crippen molar-refractivity contribution in [3.63, 3.8) is 0 Å². The summed E-state index contributed by atoms with van der Waals surface area (Å²) in [5.41, 5.74) is 7.97. The van der Waals surface area contributed by atoms with Crippen LogP contribution in [-0.2, 0) is 16.8 Å². The predicted molar refractivity (Wildman–Crippen MR) is 58.5 cm³/mol. The van der Waals surface area contributed by atoms with Gasteiger partial charge in [0.1, 0.15) is 5.60 Å². The third-order valence-electron chi connectivity index (χ3n) is 3.11. The molecule has 0 aliphatic heterocycles. The second-order valence-electron chi connectivity index (χ2n) is 3.93. The van der Waals surface area contributed by atoms with Crippen LogP contribution in [0.4, 0.5) is 0 Å². The molecule has 0 radical (unpaired) electrons. The standard InChI is InChI=1S/C12H17NO2/c13-9-12(15-8-7-14)6-5-10-3-1-2-4-11(10)12/h1-4,14H,5-9,13H2. The number of nitrogens with two attached hydrogens (primary N) is 1. The van der Waals surface area contributed by atoms with E-state index in [0.717, 1.165) is 12.8 Å². The summed E-state index contributed by atoms with van der Waals surface area (Å²) in [6.45, 7) is 0.874. The highest BCUT2D eigenvalue weighted by atomic mass is 16.5. The average Bonchev–Trinajstić information content (AvgIpc) is 2.66. The highest BCUT2D eigenvalue weighted by Gasteiger charge is 2.38. The number of ether oxygens (including phenoxy) is 1. The van der Waals surface area contributed by atoms with Gasteiger partial charge in [-0.25, -0.2) is 0 Å². The summed E-state index contributed by atoms with van der Waals surface area (Å²) in [5, 5.41) is 8.82. The Kier molecular flexibility index (Phi) is 3.05. The van der Waals surface area contributed by atoms with E-state index in [1.807, 2.05) is 12.1 Å². The van der Waals surface area contributed by atoms with E-state index < -0.39 is 0 Å². The van der Waals surface area contributed by atoms with Crippen molar-refractivity contribution in [1.29, 1.82) is 0 Å². The van der Waals surface area contributed by atoms with E-state index >= 15 is 0 Å². The summed E-state index contributed by atoms with van der Waals surface area (Å²) in [6.07, 6.45) is 1.93. The molecular formula is C12H17NO2. The van der Waals surface area contributed by atoms with Gasteiger partial charge < -0.3 is 15.6 Å². The van der Waals surface area contributed by atoms with Crippen LogP contribution in [0, 0.1) is 0 Å². The molecular weight excluding hydrogens is 190 g/mol. The number of fused-ring (bicyclic) bond motifs is 1. The number of aliphatic hydroxyl groups excluding tert-OH is 1. The molecule has 0 amide bonds. The van der Waals surface area contributed by atoms with Crippen molar-refractivity contribution >= 4 is 0 Å². The molecule has 1 aromatic carbocycles. The molecule has 0 bridgehead atoms. The Hall–Kier alpha value is -0.900. The van der Waals surface area contributed by atoms with E-state index in [2.05, 4.69) is 12.1 Å².